The van der Waals surface area contributed by atoms with Gasteiger partial charge in [0.1, 0.15) is 0 Å². The first-order valence-corrected chi connectivity index (χ1v) is 7.17. The summed E-state index contributed by atoms with van der Waals surface area (Å²) in [5.74, 6) is 0.583. The topological polar surface area (TPSA) is 24.9 Å². The summed E-state index contributed by atoms with van der Waals surface area (Å²) in [4.78, 5) is 5.88. The SMILES string of the molecule is Cc1nc(CNCC(C)c2cccs2)cs1. The lowest BCUT2D eigenvalue weighted by Crippen LogP contribution is -2.19. The predicted molar refractivity (Wildman–Crippen MR) is 71.3 cm³/mol. The second-order valence-corrected chi connectivity index (χ2v) is 5.95. The van der Waals surface area contributed by atoms with Crippen molar-refractivity contribution >= 4 is 22.7 Å². The van der Waals surface area contributed by atoms with Gasteiger partial charge in [-0.05, 0) is 18.4 Å². The number of nitrogens with one attached hydrogen (secondary N) is 1. The fraction of sp³-hybridized carbons (Fsp3) is 0.417. The van der Waals surface area contributed by atoms with Crippen molar-refractivity contribution in [1.29, 1.82) is 0 Å². The maximum atomic E-state index is 4.43. The fourth-order valence-electron chi connectivity index (χ4n) is 1.58. The molecule has 2 aromatic heterocycles. The molecular formula is C12H16N2S2. The Kier molecular flexibility index (Phi) is 4.09. The van der Waals surface area contributed by atoms with E-state index in [1.54, 1.807) is 11.3 Å². The van der Waals surface area contributed by atoms with Crippen LogP contribution in [-0.4, -0.2) is 11.5 Å². The number of rotatable bonds is 5. The largest absolute Gasteiger partial charge is 0.311 e. The van der Waals surface area contributed by atoms with E-state index in [4.69, 9.17) is 0 Å². The molecule has 2 nitrogen and oxygen atoms in total. The molecule has 1 atom stereocenters. The van der Waals surface area contributed by atoms with Crippen molar-refractivity contribution in [3.8, 4) is 0 Å². The number of thiazole rings is 1. The van der Waals surface area contributed by atoms with Crippen LogP contribution in [0.4, 0.5) is 0 Å². The smallest absolute Gasteiger partial charge is 0.0897 e. The lowest BCUT2D eigenvalue weighted by molar-refractivity contribution is 0.615. The van der Waals surface area contributed by atoms with E-state index in [1.165, 1.54) is 4.88 Å². The summed E-state index contributed by atoms with van der Waals surface area (Å²) < 4.78 is 0. The van der Waals surface area contributed by atoms with Gasteiger partial charge in [-0.3, -0.25) is 0 Å². The fourth-order valence-corrected chi connectivity index (χ4v) is 2.98. The molecule has 1 N–H and O–H groups in total. The average Bonchev–Trinajstić information content (AvgIpc) is 2.89. The Morgan fingerprint density at radius 1 is 1.44 bits per heavy atom. The highest BCUT2D eigenvalue weighted by atomic mass is 32.1. The first kappa shape index (κ1) is 11.8. The maximum Gasteiger partial charge on any atom is 0.0897 e. The van der Waals surface area contributed by atoms with Crippen molar-refractivity contribution in [2.45, 2.75) is 26.3 Å². The van der Waals surface area contributed by atoms with Crippen LogP contribution < -0.4 is 5.32 Å². The molecule has 2 heterocycles. The van der Waals surface area contributed by atoms with Crippen molar-refractivity contribution in [2.24, 2.45) is 0 Å². The molecule has 0 aliphatic carbocycles. The van der Waals surface area contributed by atoms with Gasteiger partial charge in [0.15, 0.2) is 0 Å². The Hall–Kier alpha value is -0.710. The molecule has 2 rings (SSSR count). The van der Waals surface area contributed by atoms with Crippen molar-refractivity contribution in [3.63, 3.8) is 0 Å². The second-order valence-electron chi connectivity index (χ2n) is 3.91. The third-order valence-electron chi connectivity index (χ3n) is 2.45. The average molecular weight is 252 g/mol. The Bertz CT molecular complexity index is 420. The van der Waals surface area contributed by atoms with Gasteiger partial charge in [-0.25, -0.2) is 4.98 Å². The zero-order chi connectivity index (χ0) is 11.4. The van der Waals surface area contributed by atoms with Gasteiger partial charge in [0, 0.05) is 29.3 Å². The Labute approximate surface area is 104 Å². The maximum absolute atomic E-state index is 4.43. The van der Waals surface area contributed by atoms with E-state index in [0.29, 0.717) is 5.92 Å². The molecule has 0 aromatic carbocycles. The van der Waals surface area contributed by atoms with Crippen molar-refractivity contribution < 1.29 is 0 Å². The molecule has 0 aliphatic heterocycles. The minimum absolute atomic E-state index is 0.583. The molecule has 86 valence electrons. The van der Waals surface area contributed by atoms with Gasteiger partial charge >= 0.3 is 0 Å². The summed E-state index contributed by atoms with van der Waals surface area (Å²) in [6.07, 6.45) is 0. The molecule has 0 fully saturated rings. The summed E-state index contributed by atoms with van der Waals surface area (Å²) >= 11 is 3.54. The monoisotopic (exact) mass is 252 g/mol. The van der Waals surface area contributed by atoms with Crippen LogP contribution in [0.25, 0.3) is 0 Å². The van der Waals surface area contributed by atoms with Crippen molar-refractivity contribution in [2.75, 3.05) is 6.54 Å². The first-order chi connectivity index (χ1) is 7.75. The molecular weight excluding hydrogens is 236 g/mol. The van der Waals surface area contributed by atoms with E-state index < -0.39 is 0 Å². The highest BCUT2D eigenvalue weighted by Gasteiger charge is 2.06. The first-order valence-electron chi connectivity index (χ1n) is 5.41. The Balaban J connectivity index is 1.76. The van der Waals surface area contributed by atoms with Gasteiger partial charge in [-0.1, -0.05) is 13.0 Å². The number of hydrogen-bond acceptors (Lipinski definition) is 4. The lowest BCUT2D eigenvalue weighted by Gasteiger charge is -2.09. The van der Waals surface area contributed by atoms with Gasteiger partial charge in [0.25, 0.3) is 0 Å². The Morgan fingerprint density at radius 2 is 2.31 bits per heavy atom. The van der Waals surface area contributed by atoms with Crippen LogP contribution >= 0.6 is 22.7 Å². The summed E-state index contributed by atoms with van der Waals surface area (Å²) in [7, 11) is 0. The zero-order valence-electron chi connectivity index (χ0n) is 9.56. The van der Waals surface area contributed by atoms with E-state index >= 15 is 0 Å². The quantitative estimate of drug-likeness (QED) is 0.882. The second kappa shape index (κ2) is 5.57. The van der Waals surface area contributed by atoms with E-state index in [-0.39, 0.29) is 0 Å². The number of aromatic nitrogens is 1. The number of hydrogen-bond donors (Lipinski definition) is 1. The van der Waals surface area contributed by atoms with Gasteiger partial charge in [-0.2, -0.15) is 0 Å². The highest BCUT2D eigenvalue weighted by Crippen LogP contribution is 2.19. The molecule has 16 heavy (non-hydrogen) atoms. The zero-order valence-corrected chi connectivity index (χ0v) is 11.2. The summed E-state index contributed by atoms with van der Waals surface area (Å²) in [5.41, 5.74) is 1.15. The number of nitrogens with zero attached hydrogens (tertiary/aromatic N) is 1. The molecule has 2 aromatic rings. The van der Waals surface area contributed by atoms with E-state index in [2.05, 4.69) is 40.1 Å². The minimum atomic E-state index is 0.583. The molecule has 1 unspecified atom stereocenters. The predicted octanol–water partition coefficient (Wildman–Crippen LogP) is 3.41. The van der Waals surface area contributed by atoms with Crippen LogP contribution in [0.3, 0.4) is 0 Å². The molecule has 0 saturated carbocycles. The molecule has 0 spiro atoms. The van der Waals surface area contributed by atoms with Crippen LogP contribution in [-0.2, 0) is 6.54 Å². The normalized spacial score (nSPS) is 12.9. The van der Waals surface area contributed by atoms with E-state index in [1.807, 2.05) is 18.3 Å². The number of thiophene rings is 1. The molecule has 0 amide bonds. The third-order valence-corrected chi connectivity index (χ3v) is 4.38. The van der Waals surface area contributed by atoms with Gasteiger partial charge < -0.3 is 5.32 Å². The standard InChI is InChI=1S/C12H16N2S2/c1-9(12-4-3-5-15-12)6-13-7-11-8-16-10(2)14-11/h3-5,8-9,13H,6-7H2,1-2H3. The summed E-state index contributed by atoms with van der Waals surface area (Å²) in [5, 5.41) is 8.85. The van der Waals surface area contributed by atoms with Crippen LogP contribution in [0.1, 0.15) is 28.4 Å². The van der Waals surface area contributed by atoms with Gasteiger partial charge in [0.2, 0.25) is 0 Å². The molecule has 4 heteroatoms. The Morgan fingerprint density at radius 3 is 2.94 bits per heavy atom. The van der Waals surface area contributed by atoms with Gasteiger partial charge in [-0.15, -0.1) is 22.7 Å². The van der Waals surface area contributed by atoms with Crippen LogP contribution in [0.2, 0.25) is 0 Å². The van der Waals surface area contributed by atoms with Crippen molar-refractivity contribution in [3.05, 3.63) is 38.5 Å². The van der Waals surface area contributed by atoms with Crippen molar-refractivity contribution in [1.82, 2.24) is 10.3 Å². The highest BCUT2D eigenvalue weighted by molar-refractivity contribution is 7.10. The molecule has 0 aliphatic rings. The van der Waals surface area contributed by atoms with Gasteiger partial charge in [0.05, 0.1) is 10.7 Å². The summed E-state index contributed by atoms with van der Waals surface area (Å²) in [6, 6.07) is 4.31. The third kappa shape index (κ3) is 3.14. The van der Waals surface area contributed by atoms with Crippen LogP contribution in [0, 0.1) is 6.92 Å². The lowest BCUT2D eigenvalue weighted by atomic mass is 10.1. The minimum Gasteiger partial charge on any atom is -0.311 e. The molecule has 0 saturated heterocycles. The van der Waals surface area contributed by atoms with Crippen LogP contribution in [0.5, 0.6) is 0 Å². The van der Waals surface area contributed by atoms with E-state index in [0.717, 1.165) is 23.8 Å². The van der Waals surface area contributed by atoms with Crippen LogP contribution in [0.15, 0.2) is 22.9 Å². The molecule has 0 bridgehead atoms. The summed E-state index contributed by atoms with van der Waals surface area (Å²) in [6.45, 7) is 6.19. The van der Waals surface area contributed by atoms with E-state index in [9.17, 15) is 0 Å². The number of aryl methyl sites for hydroxylation is 1. The molecule has 0 radical (unpaired) electrons.